The minimum Gasteiger partial charge on any atom is -0.487 e. The van der Waals surface area contributed by atoms with E-state index in [0.717, 1.165) is 20.3 Å². The SMILES string of the molecule is C=C(CS)COc1c(Br)cccc1Br. The average molecular weight is 338 g/mol. The van der Waals surface area contributed by atoms with Crippen LogP contribution >= 0.6 is 44.5 Å². The van der Waals surface area contributed by atoms with E-state index in [0.29, 0.717) is 12.4 Å². The highest BCUT2D eigenvalue weighted by Gasteiger charge is 2.05. The lowest BCUT2D eigenvalue weighted by atomic mass is 10.3. The van der Waals surface area contributed by atoms with Crippen molar-refractivity contribution in [2.45, 2.75) is 0 Å². The number of para-hydroxylation sites is 1. The third-order valence-corrected chi connectivity index (χ3v) is 3.26. The monoisotopic (exact) mass is 336 g/mol. The molecule has 14 heavy (non-hydrogen) atoms. The normalized spacial score (nSPS) is 9.93. The Bertz CT molecular complexity index is 319. The zero-order chi connectivity index (χ0) is 10.6. The molecule has 0 atom stereocenters. The van der Waals surface area contributed by atoms with Crippen molar-refractivity contribution in [2.75, 3.05) is 12.4 Å². The van der Waals surface area contributed by atoms with Gasteiger partial charge in [-0.1, -0.05) is 12.6 Å². The first-order chi connectivity index (χ1) is 6.65. The van der Waals surface area contributed by atoms with Crippen molar-refractivity contribution in [3.05, 3.63) is 39.3 Å². The summed E-state index contributed by atoms with van der Waals surface area (Å²) in [5, 5.41) is 0. The Morgan fingerprint density at radius 3 is 2.43 bits per heavy atom. The second-order valence-electron chi connectivity index (χ2n) is 2.75. The minimum atomic E-state index is 0.491. The number of rotatable bonds is 4. The van der Waals surface area contributed by atoms with Gasteiger partial charge in [0.05, 0.1) is 8.95 Å². The maximum atomic E-state index is 5.58. The first kappa shape index (κ1) is 12.1. The lowest BCUT2D eigenvalue weighted by Gasteiger charge is -2.10. The lowest BCUT2D eigenvalue weighted by Crippen LogP contribution is -2.02. The van der Waals surface area contributed by atoms with Crippen LogP contribution in [0.4, 0.5) is 0 Å². The highest BCUT2D eigenvalue weighted by atomic mass is 79.9. The second kappa shape index (κ2) is 5.83. The van der Waals surface area contributed by atoms with Crippen LogP contribution in [0.2, 0.25) is 0 Å². The van der Waals surface area contributed by atoms with Gasteiger partial charge in [-0.05, 0) is 49.6 Å². The molecule has 0 radical (unpaired) electrons. The molecule has 0 aliphatic rings. The third-order valence-electron chi connectivity index (χ3n) is 1.56. The molecule has 1 aromatic rings. The summed E-state index contributed by atoms with van der Waals surface area (Å²) in [5.74, 6) is 1.44. The van der Waals surface area contributed by atoms with E-state index in [2.05, 4.69) is 51.1 Å². The molecule has 0 amide bonds. The van der Waals surface area contributed by atoms with Gasteiger partial charge in [0, 0.05) is 5.75 Å². The highest BCUT2D eigenvalue weighted by molar-refractivity contribution is 9.11. The molecular weight excluding hydrogens is 328 g/mol. The summed E-state index contributed by atoms with van der Waals surface area (Å²) in [6.45, 7) is 4.31. The quantitative estimate of drug-likeness (QED) is 0.643. The standard InChI is InChI=1S/C10H10Br2OS/c1-7(6-14)5-13-10-8(11)3-2-4-9(10)12/h2-4,14H,1,5-6H2. The van der Waals surface area contributed by atoms with Gasteiger partial charge < -0.3 is 4.74 Å². The van der Waals surface area contributed by atoms with Crippen LogP contribution in [0.1, 0.15) is 0 Å². The molecule has 0 N–H and O–H groups in total. The average Bonchev–Trinajstić information content (AvgIpc) is 2.16. The second-order valence-corrected chi connectivity index (χ2v) is 4.77. The molecule has 1 nitrogen and oxygen atoms in total. The van der Waals surface area contributed by atoms with E-state index in [1.807, 2.05) is 18.2 Å². The summed E-state index contributed by atoms with van der Waals surface area (Å²) in [5.41, 5.74) is 0.955. The first-order valence-corrected chi connectivity index (χ1v) is 6.21. The predicted molar refractivity (Wildman–Crippen MR) is 70.3 cm³/mol. The zero-order valence-corrected chi connectivity index (χ0v) is 11.5. The van der Waals surface area contributed by atoms with Gasteiger partial charge in [0.1, 0.15) is 12.4 Å². The summed E-state index contributed by atoms with van der Waals surface area (Å²) >= 11 is 10.9. The first-order valence-electron chi connectivity index (χ1n) is 3.99. The Morgan fingerprint density at radius 1 is 1.36 bits per heavy atom. The maximum absolute atomic E-state index is 5.58. The van der Waals surface area contributed by atoms with Crippen LogP contribution in [0, 0.1) is 0 Å². The van der Waals surface area contributed by atoms with Gasteiger partial charge in [-0.25, -0.2) is 0 Å². The van der Waals surface area contributed by atoms with E-state index in [1.54, 1.807) is 0 Å². The van der Waals surface area contributed by atoms with Crippen LogP contribution in [0.5, 0.6) is 5.75 Å². The predicted octanol–water partition coefficient (Wildman–Crippen LogP) is 4.08. The Morgan fingerprint density at radius 2 is 1.93 bits per heavy atom. The lowest BCUT2D eigenvalue weighted by molar-refractivity contribution is 0.349. The van der Waals surface area contributed by atoms with Gasteiger partial charge in [0.15, 0.2) is 0 Å². The Balaban J connectivity index is 2.71. The summed E-state index contributed by atoms with van der Waals surface area (Å²) in [4.78, 5) is 0. The van der Waals surface area contributed by atoms with Crippen molar-refractivity contribution in [3.63, 3.8) is 0 Å². The van der Waals surface area contributed by atoms with Crippen molar-refractivity contribution < 1.29 is 4.74 Å². The fraction of sp³-hybridized carbons (Fsp3) is 0.200. The molecule has 0 spiro atoms. The molecule has 0 fully saturated rings. The molecular formula is C10H10Br2OS. The fourth-order valence-corrected chi connectivity index (χ4v) is 2.16. The molecule has 0 heterocycles. The van der Waals surface area contributed by atoms with Gasteiger partial charge in [-0.3, -0.25) is 0 Å². The van der Waals surface area contributed by atoms with E-state index in [9.17, 15) is 0 Å². The maximum Gasteiger partial charge on any atom is 0.148 e. The summed E-state index contributed by atoms with van der Waals surface area (Å²) < 4.78 is 7.44. The molecule has 0 aliphatic heterocycles. The number of hydrogen-bond acceptors (Lipinski definition) is 2. The molecule has 0 unspecified atom stereocenters. The van der Waals surface area contributed by atoms with E-state index in [4.69, 9.17) is 4.74 Å². The van der Waals surface area contributed by atoms with Crippen molar-refractivity contribution in [2.24, 2.45) is 0 Å². The molecule has 76 valence electrons. The molecule has 0 aromatic heterocycles. The molecule has 0 saturated heterocycles. The smallest absolute Gasteiger partial charge is 0.148 e. The molecule has 4 heteroatoms. The molecule has 1 rings (SSSR count). The number of ether oxygens (including phenoxy) is 1. The highest BCUT2D eigenvalue weighted by Crippen LogP contribution is 2.33. The van der Waals surface area contributed by atoms with Crippen LogP contribution < -0.4 is 4.74 Å². The topological polar surface area (TPSA) is 9.23 Å². The molecule has 0 saturated carbocycles. The minimum absolute atomic E-state index is 0.491. The fourth-order valence-electron chi connectivity index (χ4n) is 0.840. The molecule has 0 bridgehead atoms. The molecule has 1 aromatic carbocycles. The van der Waals surface area contributed by atoms with E-state index < -0.39 is 0 Å². The summed E-state index contributed by atoms with van der Waals surface area (Å²) in [7, 11) is 0. The van der Waals surface area contributed by atoms with Gasteiger partial charge in [-0.15, -0.1) is 0 Å². The van der Waals surface area contributed by atoms with Crippen LogP contribution in [-0.4, -0.2) is 12.4 Å². The van der Waals surface area contributed by atoms with Gasteiger partial charge in [0.25, 0.3) is 0 Å². The van der Waals surface area contributed by atoms with E-state index >= 15 is 0 Å². The van der Waals surface area contributed by atoms with Crippen molar-refractivity contribution in [3.8, 4) is 5.75 Å². The van der Waals surface area contributed by atoms with Crippen LogP contribution in [0.3, 0.4) is 0 Å². The van der Waals surface area contributed by atoms with Crippen molar-refractivity contribution in [1.82, 2.24) is 0 Å². The summed E-state index contributed by atoms with van der Waals surface area (Å²) in [6.07, 6.45) is 0. The van der Waals surface area contributed by atoms with E-state index in [-0.39, 0.29) is 0 Å². The number of benzene rings is 1. The Labute approximate surface area is 106 Å². The van der Waals surface area contributed by atoms with Crippen LogP contribution in [0.25, 0.3) is 0 Å². The van der Waals surface area contributed by atoms with Crippen molar-refractivity contribution in [1.29, 1.82) is 0 Å². The van der Waals surface area contributed by atoms with Gasteiger partial charge in [-0.2, -0.15) is 12.6 Å². The van der Waals surface area contributed by atoms with Crippen LogP contribution in [-0.2, 0) is 0 Å². The largest absolute Gasteiger partial charge is 0.487 e. The van der Waals surface area contributed by atoms with Crippen LogP contribution in [0.15, 0.2) is 39.3 Å². The van der Waals surface area contributed by atoms with E-state index in [1.165, 1.54) is 0 Å². The number of thiol groups is 1. The number of halogens is 2. The van der Waals surface area contributed by atoms with Gasteiger partial charge >= 0.3 is 0 Å². The zero-order valence-electron chi connectivity index (χ0n) is 7.46. The number of hydrogen-bond donors (Lipinski definition) is 1. The van der Waals surface area contributed by atoms with Gasteiger partial charge in [0.2, 0.25) is 0 Å². The summed E-state index contributed by atoms with van der Waals surface area (Å²) in [6, 6.07) is 5.81. The third kappa shape index (κ3) is 3.33. The molecule has 0 aliphatic carbocycles. The Hall–Kier alpha value is 0.0700. The van der Waals surface area contributed by atoms with Crippen molar-refractivity contribution >= 4 is 44.5 Å². The Kier molecular flexibility index (Phi) is 5.06.